The van der Waals surface area contributed by atoms with Crippen LogP contribution in [0.2, 0.25) is 0 Å². The number of rotatable bonds is 5. The lowest BCUT2D eigenvalue weighted by Crippen LogP contribution is -2.17. The van der Waals surface area contributed by atoms with Crippen molar-refractivity contribution in [1.29, 1.82) is 5.41 Å². The van der Waals surface area contributed by atoms with Crippen molar-refractivity contribution in [2.24, 2.45) is 0 Å². The summed E-state index contributed by atoms with van der Waals surface area (Å²) in [7, 11) is -4.03. The minimum absolute atomic E-state index is 0. The summed E-state index contributed by atoms with van der Waals surface area (Å²) in [4.78, 5) is 0.0971. The molecular formula is C28H32N2O3S. The molecule has 0 amide bonds. The van der Waals surface area contributed by atoms with Gasteiger partial charge >= 0.3 is 0 Å². The van der Waals surface area contributed by atoms with Crippen LogP contribution in [-0.4, -0.2) is 20.1 Å². The first kappa shape index (κ1) is 25.0. The van der Waals surface area contributed by atoms with E-state index in [1.807, 2.05) is 25.1 Å². The summed E-state index contributed by atoms with van der Waals surface area (Å²) in [5, 5.41) is 9.18. The van der Waals surface area contributed by atoms with E-state index in [9.17, 15) is 8.42 Å². The first-order valence-electron chi connectivity index (χ1n) is 11.1. The van der Waals surface area contributed by atoms with Crippen LogP contribution in [0.15, 0.2) is 89.8 Å². The average Bonchev–Trinajstić information content (AvgIpc) is 2.85. The molecule has 0 saturated heterocycles. The molecule has 178 valence electrons. The van der Waals surface area contributed by atoms with Gasteiger partial charge in [0, 0.05) is 18.1 Å². The summed E-state index contributed by atoms with van der Waals surface area (Å²) in [6.45, 7) is 6.68. The number of hydrogen-bond donors (Lipinski definition) is 2. The van der Waals surface area contributed by atoms with E-state index in [1.165, 1.54) is 23.3 Å². The van der Waals surface area contributed by atoms with Crippen LogP contribution in [0.1, 0.15) is 31.5 Å². The van der Waals surface area contributed by atoms with Gasteiger partial charge in [0.05, 0.1) is 11.5 Å². The Balaban J connectivity index is 0.000000409. The first-order valence-corrected chi connectivity index (χ1v) is 12.6. The third-order valence-electron chi connectivity index (χ3n) is 5.27. The molecule has 0 bridgehead atoms. The lowest BCUT2D eigenvalue weighted by Gasteiger charge is -2.13. The molecular weight excluding hydrogens is 444 g/mol. The number of anilines is 1. The second-order valence-corrected chi connectivity index (χ2v) is 9.92. The highest BCUT2D eigenvalue weighted by atomic mass is 32.2. The molecule has 3 N–H and O–H groups in total. The molecule has 4 aromatic rings. The predicted molar refractivity (Wildman–Crippen MR) is 143 cm³/mol. The van der Waals surface area contributed by atoms with E-state index in [0.29, 0.717) is 17.7 Å². The number of fused-ring (bicyclic) bond motifs is 1. The Labute approximate surface area is 203 Å². The van der Waals surface area contributed by atoms with Crippen LogP contribution in [0.4, 0.5) is 5.69 Å². The molecule has 0 aliphatic rings. The Morgan fingerprint density at radius 3 is 2.18 bits per heavy atom. The highest BCUT2D eigenvalue weighted by Gasteiger charge is 2.26. The first-order chi connectivity index (χ1) is 16.2. The fourth-order valence-electron chi connectivity index (χ4n) is 3.36. The second-order valence-electron chi connectivity index (χ2n) is 8.06. The Hall–Kier alpha value is -3.64. The van der Waals surface area contributed by atoms with Crippen LogP contribution in [0.3, 0.4) is 0 Å². The lowest BCUT2D eigenvalue weighted by atomic mass is 10.1. The van der Waals surface area contributed by atoms with Crippen LogP contribution in [0.25, 0.3) is 10.8 Å². The molecule has 5 nitrogen and oxygen atoms in total. The molecule has 0 spiro atoms. The summed E-state index contributed by atoms with van der Waals surface area (Å²) in [5.74, 6) is 0.494. The molecule has 0 unspecified atom stereocenters. The topological polar surface area (TPSA) is 93.2 Å². The molecule has 0 aliphatic heterocycles. The molecule has 0 saturated carbocycles. The van der Waals surface area contributed by atoms with Gasteiger partial charge in [-0.2, -0.15) is 0 Å². The maximum Gasteiger partial charge on any atom is 0.224 e. The molecule has 0 atom stereocenters. The summed E-state index contributed by atoms with van der Waals surface area (Å²) in [6.07, 6.45) is 0.825. The van der Waals surface area contributed by atoms with Crippen molar-refractivity contribution in [1.82, 2.24) is 0 Å². The molecule has 0 heterocycles. The Morgan fingerprint density at radius 1 is 0.912 bits per heavy atom. The Bertz CT molecular complexity index is 1380. The van der Waals surface area contributed by atoms with E-state index in [0.717, 1.165) is 11.8 Å². The van der Waals surface area contributed by atoms with Gasteiger partial charge < -0.3 is 10.5 Å². The maximum atomic E-state index is 13.1. The SMILES string of the molecule is CCCOc1ccc(N)c(C(=N)S(=O)(=O)c2cccc3ccccc23)c1.Cc1ccc(C)cc1.[HH]. The summed E-state index contributed by atoms with van der Waals surface area (Å²) in [5.41, 5.74) is 8.97. The van der Waals surface area contributed by atoms with Crippen molar-refractivity contribution < 1.29 is 14.6 Å². The quantitative estimate of drug-likeness (QED) is 0.194. The van der Waals surface area contributed by atoms with Gasteiger partial charge in [-0.25, -0.2) is 8.42 Å². The zero-order valence-electron chi connectivity index (χ0n) is 19.7. The van der Waals surface area contributed by atoms with Crippen LogP contribution in [0.5, 0.6) is 5.75 Å². The van der Waals surface area contributed by atoms with Crippen molar-refractivity contribution >= 4 is 31.3 Å². The summed E-state index contributed by atoms with van der Waals surface area (Å²) < 4.78 is 31.7. The molecule has 0 aromatic heterocycles. The van der Waals surface area contributed by atoms with Gasteiger partial charge in [0.1, 0.15) is 5.75 Å². The third-order valence-corrected chi connectivity index (χ3v) is 6.96. The second kappa shape index (κ2) is 11.0. The molecule has 4 rings (SSSR count). The van der Waals surface area contributed by atoms with Crippen molar-refractivity contribution in [3.63, 3.8) is 0 Å². The van der Waals surface area contributed by atoms with Gasteiger partial charge in [-0.1, -0.05) is 78.7 Å². The highest BCUT2D eigenvalue weighted by molar-refractivity contribution is 8.07. The smallest absolute Gasteiger partial charge is 0.224 e. The summed E-state index contributed by atoms with van der Waals surface area (Å²) in [6, 6.07) is 25.4. The minimum atomic E-state index is -4.03. The van der Waals surface area contributed by atoms with Gasteiger partial charge in [0.15, 0.2) is 5.04 Å². The summed E-state index contributed by atoms with van der Waals surface area (Å²) >= 11 is 0. The number of nitrogens with one attached hydrogen (secondary N) is 1. The number of nitrogens with two attached hydrogens (primary N) is 1. The van der Waals surface area contributed by atoms with Crippen LogP contribution >= 0.6 is 0 Å². The van der Waals surface area contributed by atoms with Gasteiger partial charge in [0.2, 0.25) is 9.84 Å². The van der Waals surface area contributed by atoms with E-state index in [2.05, 4.69) is 38.1 Å². The molecule has 0 aliphatic carbocycles. The molecule has 6 heteroatoms. The number of aryl methyl sites for hydroxylation is 2. The number of ether oxygens (including phenoxy) is 1. The standard InChI is InChI=1S/C20H20N2O3S.C8H10.H2/c1-2-12-25-15-10-11-18(21)17(13-15)20(22)26(23,24)19-9-5-7-14-6-3-4-8-16(14)19;1-7-3-5-8(2)6-4-7;/h3-11,13,22H,2,12,21H2,1H3;3-6H,1-2H3;1H. The largest absolute Gasteiger partial charge is 0.494 e. The maximum absolute atomic E-state index is 13.1. The average molecular weight is 477 g/mol. The predicted octanol–water partition coefficient (Wildman–Crippen LogP) is 6.56. The van der Waals surface area contributed by atoms with Gasteiger partial charge in [-0.15, -0.1) is 0 Å². The van der Waals surface area contributed by atoms with Gasteiger partial charge in [-0.3, -0.25) is 5.41 Å². The Kier molecular flexibility index (Phi) is 8.08. The van der Waals surface area contributed by atoms with Crippen molar-refractivity contribution in [2.75, 3.05) is 12.3 Å². The normalized spacial score (nSPS) is 10.9. The highest BCUT2D eigenvalue weighted by Crippen LogP contribution is 2.29. The third kappa shape index (κ3) is 5.83. The zero-order chi connectivity index (χ0) is 24.7. The van der Waals surface area contributed by atoms with Crippen molar-refractivity contribution in [3.05, 3.63) is 102 Å². The van der Waals surface area contributed by atoms with E-state index >= 15 is 0 Å². The van der Waals surface area contributed by atoms with Crippen LogP contribution in [-0.2, 0) is 9.84 Å². The van der Waals surface area contributed by atoms with E-state index in [-0.39, 0.29) is 17.6 Å². The molecule has 0 fully saturated rings. The van der Waals surface area contributed by atoms with E-state index < -0.39 is 14.9 Å². The minimum Gasteiger partial charge on any atom is -0.494 e. The number of hydrogen-bond acceptors (Lipinski definition) is 5. The fourth-order valence-corrected chi connectivity index (χ4v) is 4.78. The van der Waals surface area contributed by atoms with Crippen LogP contribution < -0.4 is 10.5 Å². The van der Waals surface area contributed by atoms with Gasteiger partial charge in [0.25, 0.3) is 0 Å². The van der Waals surface area contributed by atoms with Crippen LogP contribution in [0, 0.1) is 19.3 Å². The van der Waals surface area contributed by atoms with E-state index in [1.54, 1.807) is 30.3 Å². The zero-order valence-corrected chi connectivity index (χ0v) is 20.5. The monoisotopic (exact) mass is 476 g/mol. The molecule has 0 radical (unpaired) electrons. The molecule has 4 aromatic carbocycles. The Morgan fingerprint density at radius 2 is 1.53 bits per heavy atom. The fraction of sp³-hybridized carbons (Fsp3) is 0.179. The van der Waals surface area contributed by atoms with E-state index in [4.69, 9.17) is 15.9 Å². The number of nitrogen functional groups attached to an aromatic ring is 1. The lowest BCUT2D eigenvalue weighted by molar-refractivity contribution is 0.317. The van der Waals surface area contributed by atoms with Crippen molar-refractivity contribution in [3.8, 4) is 5.75 Å². The molecule has 34 heavy (non-hydrogen) atoms. The van der Waals surface area contributed by atoms with Gasteiger partial charge in [-0.05, 0) is 49.9 Å². The van der Waals surface area contributed by atoms with Crippen molar-refractivity contribution in [2.45, 2.75) is 32.1 Å². The number of sulfone groups is 1. The number of benzene rings is 4.